The fourth-order valence-electron chi connectivity index (χ4n) is 3.87. The highest BCUT2D eigenvalue weighted by molar-refractivity contribution is 6.03. The number of piperazine rings is 1. The molecule has 3 heterocycles. The van der Waals surface area contributed by atoms with Crippen LogP contribution in [0.4, 0.5) is 17.1 Å². The molecule has 1 aromatic carbocycles. The maximum atomic E-state index is 12.5. The van der Waals surface area contributed by atoms with Crippen LogP contribution in [0.3, 0.4) is 0 Å². The third kappa shape index (κ3) is 4.44. The second-order valence-corrected chi connectivity index (χ2v) is 7.74. The molecule has 0 spiro atoms. The molecule has 6 nitrogen and oxygen atoms in total. The van der Waals surface area contributed by atoms with Gasteiger partial charge in [-0.25, -0.2) is 4.98 Å². The summed E-state index contributed by atoms with van der Waals surface area (Å²) in [5.74, 6) is -0.169. The zero-order chi connectivity index (χ0) is 19.3. The number of carbonyl (C=O) groups is 1. The number of hydrogen-bond acceptors (Lipinski definition) is 5. The summed E-state index contributed by atoms with van der Waals surface area (Å²) in [6.07, 6.45) is 5.58. The third-order valence-electron chi connectivity index (χ3n) is 5.70. The first kappa shape index (κ1) is 18.7. The van der Waals surface area contributed by atoms with E-state index in [4.69, 9.17) is 0 Å². The molecule has 1 amide bonds. The van der Waals surface area contributed by atoms with E-state index in [0.717, 1.165) is 50.6 Å². The molecule has 4 rings (SSSR count). The first-order valence-corrected chi connectivity index (χ1v) is 10.2. The summed E-state index contributed by atoms with van der Waals surface area (Å²) in [6.45, 7) is 6.39. The summed E-state index contributed by atoms with van der Waals surface area (Å²) in [6, 6.07) is 11.9. The lowest BCUT2D eigenvalue weighted by Crippen LogP contribution is -2.44. The minimum atomic E-state index is -0.169. The van der Waals surface area contributed by atoms with E-state index in [1.165, 1.54) is 24.9 Å². The van der Waals surface area contributed by atoms with Gasteiger partial charge in [-0.2, -0.15) is 0 Å². The van der Waals surface area contributed by atoms with Crippen molar-refractivity contribution in [2.75, 3.05) is 61.4 Å². The number of likely N-dealkylation sites (N-methyl/N-ethyl adjacent to an activating group) is 1. The Balaban J connectivity index is 1.35. The van der Waals surface area contributed by atoms with Crippen molar-refractivity contribution in [3.63, 3.8) is 0 Å². The Kier molecular flexibility index (Phi) is 5.76. The van der Waals surface area contributed by atoms with Crippen LogP contribution in [0.25, 0.3) is 0 Å². The van der Waals surface area contributed by atoms with Gasteiger partial charge in [0, 0.05) is 50.6 Å². The van der Waals surface area contributed by atoms with Crippen LogP contribution in [0.1, 0.15) is 29.8 Å². The molecular weight excluding hydrogens is 350 g/mol. The molecule has 0 saturated carbocycles. The molecule has 0 bridgehead atoms. The number of aromatic nitrogens is 1. The molecule has 148 valence electrons. The molecule has 1 N–H and O–H groups in total. The van der Waals surface area contributed by atoms with E-state index >= 15 is 0 Å². The SMILES string of the molecule is CN1CCN(c2ccc(NC(=O)c3ccc(N4CCCCC4)cn3)cc2)CC1. The van der Waals surface area contributed by atoms with Gasteiger partial charge in [0.05, 0.1) is 11.9 Å². The van der Waals surface area contributed by atoms with Gasteiger partial charge >= 0.3 is 0 Å². The number of nitrogens with zero attached hydrogens (tertiary/aromatic N) is 4. The van der Waals surface area contributed by atoms with E-state index in [1.54, 1.807) is 0 Å². The van der Waals surface area contributed by atoms with E-state index in [0.29, 0.717) is 5.69 Å². The lowest BCUT2D eigenvalue weighted by molar-refractivity contribution is 0.102. The largest absolute Gasteiger partial charge is 0.370 e. The molecular formula is C22H29N5O. The van der Waals surface area contributed by atoms with Crippen LogP contribution in [0, 0.1) is 0 Å². The monoisotopic (exact) mass is 379 g/mol. The van der Waals surface area contributed by atoms with Gasteiger partial charge in [0.2, 0.25) is 0 Å². The van der Waals surface area contributed by atoms with Crippen molar-refractivity contribution < 1.29 is 4.79 Å². The lowest BCUT2D eigenvalue weighted by atomic mass is 10.1. The van der Waals surface area contributed by atoms with Crippen LogP contribution < -0.4 is 15.1 Å². The average Bonchev–Trinajstić information content (AvgIpc) is 2.76. The van der Waals surface area contributed by atoms with E-state index in [1.807, 2.05) is 30.5 Å². The summed E-state index contributed by atoms with van der Waals surface area (Å²) in [7, 11) is 2.16. The minimum Gasteiger partial charge on any atom is -0.370 e. The Bertz CT molecular complexity index is 776. The quantitative estimate of drug-likeness (QED) is 0.885. The van der Waals surface area contributed by atoms with Crippen LogP contribution >= 0.6 is 0 Å². The van der Waals surface area contributed by atoms with Crippen molar-refractivity contribution in [2.24, 2.45) is 0 Å². The van der Waals surface area contributed by atoms with Gasteiger partial charge in [-0.15, -0.1) is 0 Å². The van der Waals surface area contributed by atoms with Crippen LogP contribution in [0.5, 0.6) is 0 Å². The van der Waals surface area contributed by atoms with Crippen molar-refractivity contribution >= 4 is 23.0 Å². The number of rotatable bonds is 4. The Morgan fingerprint density at radius 3 is 2.11 bits per heavy atom. The summed E-state index contributed by atoms with van der Waals surface area (Å²) in [4.78, 5) is 24.0. The van der Waals surface area contributed by atoms with Gasteiger partial charge in [-0.3, -0.25) is 4.79 Å². The first-order valence-electron chi connectivity index (χ1n) is 10.2. The van der Waals surface area contributed by atoms with Crippen LogP contribution in [0.15, 0.2) is 42.6 Å². The van der Waals surface area contributed by atoms with E-state index < -0.39 is 0 Å². The Labute approximate surface area is 167 Å². The normalized spacial score (nSPS) is 18.2. The van der Waals surface area contributed by atoms with Gasteiger partial charge < -0.3 is 20.0 Å². The predicted molar refractivity (Wildman–Crippen MR) is 114 cm³/mol. The first-order chi connectivity index (χ1) is 13.7. The highest BCUT2D eigenvalue weighted by Gasteiger charge is 2.15. The standard InChI is InChI=1S/C22H29N5O/c1-25-13-15-27(16-14-25)19-7-5-18(6-8-19)24-22(28)21-10-9-20(17-23-21)26-11-3-2-4-12-26/h5-10,17H,2-4,11-16H2,1H3,(H,24,28). The summed E-state index contributed by atoms with van der Waals surface area (Å²) < 4.78 is 0. The molecule has 2 aliphatic heterocycles. The molecule has 1 aromatic heterocycles. The molecule has 2 fully saturated rings. The fourth-order valence-corrected chi connectivity index (χ4v) is 3.87. The predicted octanol–water partition coefficient (Wildman–Crippen LogP) is 3.08. The van der Waals surface area contributed by atoms with Gasteiger partial charge in [0.1, 0.15) is 5.69 Å². The average molecular weight is 380 g/mol. The zero-order valence-corrected chi connectivity index (χ0v) is 16.6. The molecule has 2 saturated heterocycles. The van der Waals surface area contributed by atoms with Gasteiger partial charge in [-0.05, 0) is 62.7 Å². The van der Waals surface area contributed by atoms with E-state index in [9.17, 15) is 4.79 Å². The van der Waals surface area contributed by atoms with Crippen molar-refractivity contribution in [1.29, 1.82) is 0 Å². The van der Waals surface area contributed by atoms with Crippen molar-refractivity contribution in [3.8, 4) is 0 Å². The molecule has 0 radical (unpaired) electrons. The number of piperidine rings is 1. The number of amides is 1. The number of anilines is 3. The number of pyridine rings is 1. The van der Waals surface area contributed by atoms with Crippen molar-refractivity contribution in [1.82, 2.24) is 9.88 Å². The maximum Gasteiger partial charge on any atom is 0.274 e. The van der Waals surface area contributed by atoms with Gasteiger partial charge in [0.15, 0.2) is 0 Å². The second kappa shape index (κ2) is 8.61. The highest BCUT2D eigenvalue weighted by atomic mass is 16.1. The zero-order valence-electron chi connectivity index (χ0n) is 16.6. The minimum absolute atomic E-state index is 0.169. The van der Waals surface area contributed by atoms with Crippen LogP contribution in [-0.2, 0) is 0 Å². The van der Waals surface area contributed by atoms with E-state index in [2.05, 4.69) is 44.2 Å². The third-order valence-corrected chi connectivity index (χ3v) is 5.70. The molecule has 0 atom stereocenters. The molecule has 6 heteroatoms. The molecule has 28 heavy (non-hydrogen) atoms. The number of carbonyl (C=O) groups excluding carboxylic acids is 1. The van der Waals surface area contributed by atoms with Gasteiger partial charge in [-0.1, -0.05) is 0 Å². The molecule has 0 unspecified atom stereocenters. The maximum absolute atomic E-state index is 12.5. The van der Waals surface area contributed by atoms with Crippen LogP contribution in [-0.4, -0.2) is 62.1 Å². The van der Waals surface area contributed by atoms with Gasteiger partial charge in [0.25, 0.3) is 5.91 Å². The highest BCUT2D eigenvalue weighted by Crippen LogP contribution is 2.21. The van der Waals surface area contributed by atoms with Crippen molar-refractivity contribution in [2.45, 2.75) is 19.3 Å². The smallest absolute Gasteiger partial charge is 0.274 e. The summed E-state index contributed by atoms with van der Waals surface area (Å²) in [5.41, 5.74) is 3.55. The number of benzene rings is 1. The number of nitrogens with one attached hydrogen (secondary N) is 1. The second-order valence-electron chi connectivity index (χ2n) is 7.74. The Hall–Kier alpha value is -2.60. The fraction of sp³-hybridized carbons (Fsp3) is 0.455. The Morgan fingerprint density at radius 2 is 1.46 bits per heavy atom. The Morgan fingerprint density at radius 1 is 0.821 bits per heavy atom. The van der Waals surface area contributed by atoms with E-state index in [-0.39, 0.29) is 5.91 Å². The van der Waals surface area contributed by atoms with Crippen LogP contribution in [0.2, 0.25) is 0 Å². The molecule has 2 aromatic rings. The summed E-state index contributed by atoms with van der Waals surface area (Å²) >= 11 is 0. The molecule has 2 aliphatic rings. The lowest BCUT2D eigenvalue weighted by Gasteiger charge is -2.34. The van der Waals surface area contributed by atoms with Crippen molar-refractivity contribution in [3.05, 3.63) is 48.3 Å². The topological polar surface area (TPSA) is 51.7 Å². The summed E-state index contributed by atoms with van der Waals surface area (Å²) in [5, 5.41) is 2.95. The molecule has 0 aliphatic carbocycles. The number of hydrogen-bond donors (Lipinski definition) is 1.